The van der Waals surface area contributed by atoms with Gasteiger partial charge in [0.15, 0.2) is 6.10 Å². The predicted octanol–water partition coefficient (Wildman–Crippen LogP) is 5.13. The molecule has 26 heavy (non-hydrogen) atoms. The van der Waals surface area contributed by atoms with Crippen LogP contribution >= 0.6 is 11.6 Å². The van der Waals surface area contributed by atoms with Gasteiger partial charge in [0, 0.05) is 10.7 Å². The lowest BCUT2D eigenvalue weighted by molar-refractivity contribution is -0.123. The summed E-state index contributed by atoms with van der Waals surface area (Å²) in [5.74, 6) is -0.939. The minimum atomic E-state index is -0.928. The molecule has 2 rings (SSSR count). The lowest BCUT2D eigenvalue weighted by Gasteiger charge is -2.19. The van der Waals surface area contributed by atoms with Crippen LogP contribution in [0.5, 0.6) is 0 Å². The number of rotatable bonds is 4. The molecule has 0 radical (unpaired) electrons. The number of amides is 1. The minimum Gasteiger partial charge on any atom is -0.449 e. The van der Waals surface area contributed by atoms with Gasteiger partial charge in [0.2, 0.25) is 0 Å². The van der Waals surface area contributed by atoms with E-state index in [0.717, 1.165) is 11.1 Å². The standard InChI is InChI=1S/C21H24ClNO3/c1-13-17(22)7-6-8-18(13)23-19(24)14(2)26-20(25)15-9-11-16(12-10-15)21(3,4)5/h6-12,14H,1-5H3,(H,23,24). The topological polar surface area (TPSA) is 55.4 Å². The van der Waals surface area contributed by atoms with Crippen molar-refractivity contribution in [3.05, 3.63) is 64.2 Å². The molecule has 0 aliphatic carbocycles. The molecule has 2 aromatic carbocycles. The molecule has 0 bridgehead atoms. The van der Waals surface area contributed by atoms with Gasteiger partial charge in [-0.1, -0.05) is 50.6 Å². The van der Waals surface area contributed by atoms with Gasteiger partial charge in [-0.3, -0.25) is 4.79 Å². The summed E-state index contributed by atoms with van der Waals surface area (Å²) in [5, 5.41) is 3.30. The van der Waals surface area contributed by atoms with E-state index in [1.165, 1.54) is 6.92 Å². The highest BCUT2D eigenvalue weighted by molar-refractivity contribution is 6.31. The molecule has 5 heteroatoms. The highest BCUT2D eigenvalue weighted by Gasteiger charge is 2.20. The van der Waals surface area contributed by atoms with Crippen LogP contribution in [0.4, 0.5) is 5.69 Å². The molecule has 0 saturated heterocycles. The van der Waals surface area contributed by atoms with Gasteiger partial charge in [-0.15, -0.1) is 0 Å². The van der Waals surface area contributed by atoms with Gasteiger partial charge in [0.1, 0.15) is 0 Å². The van der Waals surface area contributed by atoms with Gasteiger partial charge in [-0.05, 0) is 54.7 Å². The summed E-state index contributed by atoms with van der Waals surface area (Å²) >= 11 is 6.05. The molecular formula is C21H24ClNO3. The normalized spacial score (nSPS) is 12.4. The monoisotopic (exact) mass is 373 g/mol. The molecule has 2 aromatic rings. The molecule has 0 fully saturated rings. The van der Waals surface area contributed by atoms with E-state index in [4.69, 9.17) is 16.3 Å². The fraction of sp³-hybridized carbons (Fsp3) is 0.333. The number of ether oxygens (including phenoxy) is 1. The summed E-state index contributed by atoms with van der Waals surface area (Å²) in [6, 6.07) is 12.5. The fourth-order valence-corrected chi connectivity index (χ4v) is 2.54. The number of esters is 1. The summed E-state index contributed by atoms with van der Waals surface area (Å²) in [5.41, 5.74) is 2.90. The first kappa shape index (κ1) is 20.0. The zero-order valence-corrected chi connectivity index (χ0v) is 16.5. The molecule has 0 heterocycles. The van der Waals surface area contributed by atoms with Crippen molar-refractivity contribution in [2.45, 2.75) is 46.1 Å². The third-order valence-corrected chi connectivity index (χ3v) is 4.57. The largest absolute Gasteiger partial charge is 0.449 e. The second kappa shape index (κ2) is 7.92. The Morgan fingerprint density at radius 1 is 1.08 bits per heavy atom. The summed E-state index contributed by atoms with van der Waals surface area (Å²) in [6.45, 7) is 9.65. The quantitative estimate of drug-likeness (QED) is 0.756. The van der Waals surface area contributed by atoms with Crippen LogP contribution in [0.3, 0.4) is 0 Å². The predicted molar refractivity (Wildman–Crippen MR) is 105 cm³/mol. The van der Waals surface area contributed by atoms with E-state index in [-0.39, 0.29) is 5.41 Å². The summed E-state index contributed by atoms with van der Waals surface area (Å²) in [6.07, 6.45) is -0.928. The summed E-state index contributed by atoms with van der Waals surface area (Å²) in [4.78, 5) is 24.6. The van der Waals surface area contributed by atoms with Gasteiger partial charge in [-0.25, -0.2) is 4.79 Å². The van der Waals surface area contributed by atoms with Crippen LogP contribution in [0.1, 0.15) is 49.2 Å². The maximum Gasteiger partial charge on any atom is 0.338 e. The molecule has 0 saturated carbocycles. The molecule has 0 aliphatic rings. The molecular weight excluding hydrogens is 350 g/mol. The maximum atomic E-state index is 12.3. The number of carbonyl (C=O) groups is 2. The minimum absolute atomic E-state index is 0.00439. The van der Waals surface area contributed by atoms with Gasteiger partial charge >= 0.3 is 5.97 Å². The molecule has 4 nitrogen and oxygen atoms in total. The molecule has 1 N–H and O–H groups in total. The molecule has 0 aromatic heterocycles. The van der Waals surface area contributed by atoms with Crippen LogP contribution in [0, 0.1) is 6.92 Å². The molecule has 138 valence electrons. The van der Waals surface area contributed by atoms with Crippen molar-refractivity contribution < 1.29 is 14.3 Å². The number of nitrogens with one attached hydrogen (secondary N) is 1. The number of anilines is 1. The van der Waals surface area contributed by atoms with Crippen molar-refractivity contribution in [3.63, 3.8) is 0 Å². The Morgan fingerprint density at radius 3 is 2.27 bits per heavy atom. The smallest absolute Gasteiger partial charge is 0.338 e. The molecule has 0 spiro atoms. The molecule has 1 amide bonds. The zero-order valence-electron chi connectivity index (χ0n) is 15.7. The van der Waals surface area contributed by atoms with Gasteiger partial charge in [0.25, 0.3) is 5.91 Å². The van der Waals surface area contributed by atoms with E-state index in [2.05, 4.69) is 26.1 Å². The number of halogens is 1. The van der Waals surface area contributed by atoms with Crippen molar-refractivity contribution in [1.82, 2.24) is 0 Å². The van der Waals surface area contributed by atoms with Crippen molar-refractivity contribution >= 4 is 29.2 Å². The molecule has 1 unspecified atom stereocenters. The van der Waals surface area contributed by atoms with E-state index in [9.17, 15) is 9.59 Å². The van der Waals surface area contributed by atoms with Crippen LogP contribution in [-0.4, -0.2) is 18.0 Å². The third kappa shape index (κ3) is 4.85. The lowest BCUT2D eigenvalue weighted by atomic mass is 9.87. The molecule has 1 atom stereocenters. The van der Waals surface area contributed by atoms with E-state index in [1.54, 1.807) is 30.3 Å². The van der Waals surface area contributed by atoms with Crippen molar-refractivity contribution in [2.75, 3.05) is 5.32 Å². The second-order valence-electron chi connectivity index (χ2n) is 7.28. The van der Waals surface area contributed by atoms with Crippen molar-refractivity contribution in [2.24, 2.45) is 0 Å². The number of carbonyl (C=O) groups excluding carboxylic acids is 2. The Labute approximate surface area is 159 Å². The van der Waals surface area contributed by atoms with E-state index in [1.807, 2.05) is 19.1 Å². The SMILES string of the molecule is Cc1c(Cl)cccc1NC(=O)C(C)OC(=O)c1ccc(C(C)(C)C)cc1. The second-order valence-corrected chi connectivity index (χ2v) is 7.68. The van der Waals surface area contributed by atoms with Crippen LogP contribution in [-0.2, 0) is 14.9 Å². The van der Waals surface area contributed by atoms with Crippen LogP contribution in [0.15, 0.2) is 42.5 Å². The van der Waals surface area contributed by atoms with E-state index < -0.39 is 18.0 Å². The Bertz CT molecular complexity index is 807. The average molecular weight is 374 g/mol. The number of benzene rings is 2. The third-order valence-electron chi connectivity index (χ3n) is 4.17. The van der Waals surface area contributed by atoms with Gasteiger partial charge < -0.3 is 10.1 Å². The lowest BCUT2D eigenvalue weighted by Crippen LogP contribution is -2.30. The Kier molecular flexibility index (Phi) is 6.09. The Hall–Kier alpha value is -2.33. The van der Waals surface area contributed by atoms with Crippen LogP contribution in [0.25, 0.3) is 0 Å². The Balaban J connectivity index is 2.02. The zero-order chi connectivity index (χ0) is 19.5. The average Bonchev–Trinajstić information content (AvgIpc) is 2.58. The first-order valence-corrected chi connectivity index (χ1v) is 8.85. The Morgan fingerprint density at radius 2 is 1.69 bits per heavy atom. The molecule has 0 aliphatic heterocycles. The number of hydrogen-bond acceptors (Lipinski definition) is 3. The van der Waals surface area contributed by atoms with E-state index in [0.29, 0.717) is 16.3 Å². The highest BCUT2D eigenvalue weighted by Crippen LogP contribution is 2.24. The van der Waals surface area contributed by atoms with E-state index >= 15 is 0 Å². The first-order chi connectivity index (χ1) is 12.1. The first-order valence-electron chi connectivity index (χ1n) is 8.47. The highest BCUT2D eigenvalue weighted by atomic mass is 35.5. The van der Waals surface area contributed by atoms with Crippen LogP contribution in [0.2, 0.25) is 5.02 Å². The van der Waals surface area contributed by atoms with Crippen molar-refractivity contribution in [3.8, 4) is 0 Å². The van der Waals surface area contributed by atoms with Gasteiger partial charge in [-0.2, -0.15) is 0 Å². The summed E-state index contributed by atoms with van der Waals surface area (Å²) < 4.78 is 5.28. The summed E-state index contributed by atoms with van der Waals surface area (Å²) in [7, 11) is 0. The van der Waals surface area contributed by atoms with Gasteiger partial charge in [0.05, 0.1) is 5.56 Å². The maximum absolute atomic E-state index is 12.3. The van der Waals surface area contributed by atoms with Crippen molar-refractivity contribution in [1.29, 1.82) is 0 Å². The number of hydrogen-bond donors (Lipinski definition) is 1. The fourth-order valence-electron chi connectivity index (χ4n) is 2.37. The van der Waals surface area contributed by atoms with Crippen LogP contribution < -0.4 is 5.32 Å².